The lowest BCUT2D eigenvalue weighted by atomic mass is 10.0. The van der Waals surface area contributed by atoms with Crippen molar-refractivity contribution in [3.63, 3.8) is 0 Å². The van der Waals surface area contributed by atoms with E-state index in [0.717, 1.165) is 31.2 Å². The molecule has 0 aliphatic rings. The minimum atomic E-state index is 0.651. The molecule has 0 atom stereocenters. The first kappa shape index (κ1) is 16.2. The first-order valence-corrected chi connectivity index (χ1v) is 7.36. The van der Waals surface area contributed by atoms with Gasteiger partial charge in [0, 0.05) is 13.1 Å². The summed E-state index contributed by atoms with van der Waals surface area (Å²) >= 11 is 6.20. The fourth-order valence-electron chi connectivity index (χ4n) is 2.10. The molecule has 0 aliphatic carbocycles. The Bertz CT molecular complexity index is 380. The van der Waals surface area contributed by atoms with Gasteiger partial charge in [0.1, 0.15) is 5.82 Å². The molecule has 5 heteroatoms. The minimum absolute atomic E-state index is 0.651. The fraction of sp³-hybridized carbons (Fsp3) is 0.643. The molecule has 0 unspecified atom stereocenters. The van der Waals surface area contributed by atoms with Gasteiger partial charge in [-0.15, -0.1) is 0 Å². The van der Waals surface area contributed by atoms with E-state index in [2.05, 4.69) is 36.1 Å². The monoisotopic (exact) mass is 284 g/mol. The van der Waals surface area contributed by atoms with Gasteiger partial charge in [-0.3, -0.25) is 4.90 Å². The molecule has 0 saturated heterocycles. The topological polar surface area (TPSA) is 54.2 Å². The Balaban J connectivity index is 2.74. The third-order valence-corrected chi connectivity index (χ3v) is 3.90. The number of nitrogens with zero attached hydrogens (tertiary/aromatic N) is 2. The number of rotatable bonds is 8. The van der Waals surface area contributed by atoms with Crippen LogP contribution in [0.3, 0.4) is 0 Å². The molecule has 0 aromatic carbocycles. The van der Waals surface area contributed by atoms with Crippen molar-refractivity contribution in [1.29, 1.82) is 0 Å². The molecule has 1 heterocycles. The largest absolute Gasteiger partial charge is 0.308 e. The maximum Gasteiger partial charge on any atom is 0.140 e. The molecule has 1 aromatic rings. The smallest absolute Gasteiger partial charge is 0.140 e. The first-order chi connectivity index (χ1) is 9.14. The van der Waals surface area contributed by atoms with Crippen LogP contribution in [0.2, 0.25) is 5.02 Å². The lowest BCUT2D eigenvalue weighted by Gasteiger charge is -2.25. The summed E-state index contributed by atoms with van der Waals surface area (Å²) in [5.74, 6) is 6.77. The maximum absolute atomic E-state index is 6.20. The molecule has 0 radical (unpaired) electrons. The lowest BCUT2D eigenvalue weighted by molar-refractivity contribution is 0.224. The Kier molecular flexibility index (Phi) is 7.13. The number of anilines is 1. The zero-order chi connectivity index (χ0) is 14.3. The third-order valence-electron chi connectivity index (χ3n) is 3.56. The van der Waals surface area contributed by atoms with Crippen LogP contribution < -0.4 is 11.3 Å². The van der Waals surface area contributed by atoms with E-state index in [4.69, 9.17) is 17.4 Å². The van der Waals surface area contributed by atoms with E-state index in [-0.39, 0.29) is 0 Å². The summed E-state index contributed by atoms with van der Waals surface area (Å²) in [5, 5.41) is 0.696. The van der Waals surface area contributed by atoms with Crippen LogP contribution in [-0.2, 0) is 6.54 Å². The minimum Gasteiger partial charge on any atom is -0.308 e. The second-order valence-corrected chi connectivity index (χ2v) is 5.19. The van der Waals surface area contributed by atoms with Gasteiger partial charge >= 0.3 is 0 Å². The normalized spacial score (nSPS) is 11.3. The molecule has 0 saturated carbocycles. The number of nitrogens with one attached hydrogen (secondary N) is 1. The molecule has 0 fully saturated rings. The van der Waals surface area contributed by atoms with Crippen molar-refractivity contribution < 1.29 is 0 Å². The van der Waals surface area contributed by atoms with Gasteiger partial charge in [0.2, 0.25) is 0 Å². The van der Waals surface area contributed by atoms with Gasteiger partial charge in [0.15, 0.2) is 0 Å². The van der Waals surface area contributed by atoms with Crippen LogP contribution in [0.1, 0.15) is 39.3 Å². The van der Waals surface area contributed by atoms with Gasteiger partial charge in [-0.1, -0.05) is 45.2 Å². The maximum atomic E-state index is 6.20. The zero-order valence-electron chi connectivity index (χ0n) is 12.1. The average Bonchev–Trinajstić information content (AvgIpc) is 2.45. The molecule has 1 rings (SSSR count). The van der Waals surface area contributed by atoms with Crippen LogP contribution >= 0.6 is 11.6 Å². The lowest BCUT2D eigenvalue weighted by Crippen LogP contribution is -2.29. The quantitative estimate of drug-likeness (QED) is 0.568. The van der Waals surface area contributed by atoms with Gasteiger partial charge in [0.25, 0.3) is 0 Å². The van der Waals surface area contributed by atoms with Crippen molar-refractivity contribution in [1.82, 2.24) is 9.88 Å². The number of hydrazine groups is 1. The SMILES string of the molecule is CCC(CC)CN(CC)Cc1nc(NN)ccc1Cl. The van der Waals surface area contributed by atoms with Gasteiger partial charge in [-0.2, -0.15) is 0 Å². The summed E-state index contributed by atoms with van der Waals surface area (Å²) < 4.78 is 0. The molecule has 1 aromatic heterocycles. The number of aromatic nitrogens is 1. The van der Waals surface area contributed by atoms with Crippen molar-refractivity contribution in [2.75, 3.05) is 18.5 Å². The molecule has 0 spiro atoms. The van der Waals surface area contributed by atoms with E-state index in [9.17, 15) is 0 Å². The van der Waals surface area contributed by atoms with E-state index in [1.165, 1.54) is 12.8 Å². The van der Waals surface area contributed by atoms with E-state index < -0.39 is 0 Å². The van der Waals surface area contributed by atoms with Crippen molar-refractivity contribution in [2.45, 2.75) is 40.2 Å². The fourth-order valence-corrected chi connectivity index (χ4v) is 2.27. The van der Waals surface area contributed by atoms with Crippen LogP contribution in [0.25, 0.3) is 0 Å². The third kappa shape index (κ3) is 4.97. The number of pyridine rings is 1. The highest BCUT2D eigenvalue weighted by molar-refractivity contribution is 6.31. The van der Waals surface area contributed by atoms with Crippen molar-refractivity contribution in [3.8, 4) is 0 Å². The average molecular weight is 285 g/mol. The van der Waals surface area contributed by atoms with E-state index in [1.54, 1.807) is 6.07 Å². The first-order valence-electron chi connectivity index (χ1n) is 6.98. The van der Waals surface area contributed by atoms with Gasteiger partial charge in [0.05, 0.1) is 10.7 Å². The molecular weight excluding hydrogens is 260 g/mol. The summed E-state index contributed by atoms with van der Waals surface area (Å²) in [6, 6.07) is 3.62. The summed E-state index contributed by atoms with van der Waals surface area (Å²) in [4.78, 5) is 6.81. The molecule has 4 nitrogen and oxygen atoms in total. The molecule has 0 amide bonds. The highest BCUT2D eigenvalue weighted by atomic mass is 35.5. The van der Waals surface area contributed by atoms with Crippen LogP contribution in [-0.4, -0.2) is 23.0 Å². The Hall–Kier alpha value is -0.840. The molecule has 108 valence electrons. The molecule has 0 aliphatic heterocycles. The highest BCUT2D eigenvalue weighted by Gasteiger charge is 2.13. The standard InChI is InChI=1S/C14H25ClN4/c1-4-11(5-2)9-19(6-3)10-13-12(15)7-8-14(17-13)18-16/h7-8,11H,4-6,9-10,16H2,1-3H3,(H,17,18). The molecule has 0 bridgehead atoms. The van der Waals surface area contributed by atoms with E-state index in [1.807, 2.05) is 6.07 Å². The Labute approximate surface area is 121 Å². The number of hydrogen-bond acceptors (Lipinski definition) is 4. The molecular formula is C14H25ClN4. The van der Waals surface area contributed by atoms with Gasteiger partial charge in [-0.05, 0) is 24.6 Å². The summed E-state index contributed by atoms with van der Waals surface area (Å²) in [6.07, 6.45) is 2.41. The number of nitrogens with two attached hydrogens (primary N) is 1. The van der Waals surface area contributed by atoms with Crippen LogP contribution in [0, 0.1) is 5.92 Å². The highest BCUT2D eigenvalue weighted by Crippen LogP contribution is 2.19. The predicted octanol–water partition coefficient (Wildman–Crippen LogP) is 3.28. The Morgan fingerprint density at radius 1 is 1.32 bits per heavy atom. The summed E-state index contributed by atoms with van der Waals surface area (Å²) in [5.41, 5.74) is 3.44. The number of halogens is 1. The summed E-state index contributed by atoms with van der Waals surface area (Å²) in [7, 11) is 0. The van der Waals surface area contributed by atoms with Crippen molar-refractivity contribution in [2.24, 2.45) is 11.8 Å². The Morgan fingerprint density at radius 2 is 2.00 bits per heavy atom. The van der Waals surface area contributed by atoms with E-state index in [0.29, 0.717) is 10.8 Å². The second kappa shape index (κ2) is 8.35. The van der Waals surface area contributed by atoms with Crippen LogP contribution in [0.4, 0.5) is 5.82 Å². The van der Waals surface area contributed by atoms with Crippen molar-refractivity contribution in [3.05, 3.63) is 22.8 Å². The van der Waals surface area contributed by atoms with Gasteiger partial charge < -0.3 is 5.43 Å². The predicted molar refractivity (Wildman–Crippen MR) is 82.1 cm³/mol. The molecule has 3 N–H and O–H groups in total. The van der Waals surface area contributed by atoms with E-state index >= 15 is 0 Å². The molecule has 19 heavy (non-hydrogen) atoms. The summed E-state index contributed by atoms with van der Waals surface area (Å²) in [6.45, 7) is 9.50. The van der Waals surface area contributed by atoms with Crippen LogP contribution in [0.5, 0.6) is 0 Å². The van der Waals surface area contributed by atoms with Gasteiger partial charge in [-0.25, -0.2) is 10.8 Å². The number of nitrogen functional groups attached to an aromatic ring is 1. The zero-order valence-corrected chi connectivity index (χ0v) is 12.9. The number of hydrogen-bond donors (Lipinski definition) is 2. The second-order valence-electron chi connectivity index (χ2n) is 4.78. The van der Waals surface area contributed by atoms with Crippen molar-refractivity contribution >= 4 is 17.4 Å². The van der Waals surface area contributed by atoms with Crippen LogP contribution in [0.15, 0.2) is 12.1 Å². The Morgan fingerprint density at radius 3 is 2.53 bits per heavy atom.